The summed E-state index contributed by atoms with van der Waals surface area (Å²) in [4.78, 5) is 16.1. The number of nitrogens with one attached hydrogen (secondary N) is 1. The molecular weight excluding hydrogens is 440 g/mol. The predicted molar refractivity (Wildman–Crippen MR) is 135 cm³/mol. The van der Waals surface area contributed by atoms with E-state index in [0.29, 0.717) is 28.9 Å². The molecule has 0 bridgehead atoms. The minimum absolute atomic E-state index is 0.423. The lowest BCUT2D eigenvalue weighted by Crippen LogP contribution is -2.28. The van der Waals surface area contributed by atoms with Crippen molar-refractivity contribution in [3.05, 3.63) is 84.7 Å². The maximum atomic E-state index is 11.6. The number of pyridine rings is 1. The van der Waals surface area contributed by atoms with E-state index in [-0.39, 0.29) is 0 Å². The Balaban J connectivity index is 1.40. The summed E-state index contributed by atoms with van der Waals surface area (Å²) in [6.07, 6.45) is 7.16. The van der Waals surface area contributed by atoms with Gasteiger partial charge in [0.05, 0.1) is 17.7 Å². The van der Waals surface area contributed by atoms with Crippen LogP contribution in [0.1, 0.15) is 44.7 Å². The van der Waals surface area contributed by atoms with E-state index >= 15 is 0 Å². The number of benzene rings is 2. The Morgan fingerprint density at radius 3 is 2.60 bits per heavy atom. The lowest BCUT2D eigenvalue weighted by molar-refractivity contribution is -0.142. The van der Waals surface area contributed by atoms with Gasteiger partial charge in [0.1, 0.15) is 17.3 Å². The molecule has 4 aromatic rings. The Morgan fingerprint density at radius 1 is 1.09 bits per heavy atom. The van der Waals surface area contributed by atoms with Crippen LogP contribution in [0, 0.1) is 0 Å². The third kappa shape index (κ3) is 4.75. The lowest BCUT2D eigenvalue weighted by Gasteiger charge is -2.25. The fourth-order valence-corrected chi connectivity index (χ4v) is 4.01. The number of carboxylic acids is 1. The van der Waals surface area contributed by atoms with E-state index in [1.54, 1.807) is 20.0 Å². The second kappa shape index (κ2) is 9.25. The topological polar surface area (TPSA) is 89.3 Å². The average molecular weight is 469 g/mol. The smallest absolute Gasteiger partial charge is 0.313 e. The standard InChI is InChI=1S/C28H28N4O3/c1-28(2,27(33)34)20-10-6-11-21(16-20)30-25-17-23(14-15-29-25)35-24-18-32(22-12-7-13-22)31-26(24)19-8-4-3-5-9-19/h3-6,8-11,14-18,22H,7,12-13H2,1-2H3,(H,29,30)(H,33,34). The molecule has 1 aliphatic carbocycles. The van der Waals surface area contributed by atoms with Gasteiger partial charge in [0.15, 0.2) is 5.75 Å². The van der Waals surface area contributed by atoms with Gasteiger partial charge in [-0.15, -0.1) is 0 Å². The first-order valence-electron chi connectivity index (χ1n) is 11.8. The van der Waals surface area contributed by atoms with Gasteiger partial charge in [0.25, 0.3) is 0 Å². The highest BCUT2D eigenvalue weighted by molar-refractivity contribution is 5.81. The maximum Gasteiger partial charge on any atom is 0.313 e. The van der Waals surface area contributed by atoms with Crippen LogP contribution in [-0.2, 0) is 10.2 Å². The van der Waals surface area contributed by atoms with E-state index in [4.69, 9.17) is 9.84 Å². The highest BCUT2D eigenvalue weighted by Gasteiger charge is 2.29. The van der Waals surface area contributed by atoms with Crippen molar-refractivity contribution in [3.63, 3.8) is 0 Å². The maximum absolute atomic E-state index is 11.6. The molecule has 1 aliphatic rings. The van der Waals surface area contributed by atoms with Crippen LogP contribution in [0.4, 0.5) is 11.5 Å². The van der Waals surface area contributed by atoms with Gasteiger partial charge in [-0.1, -0.05) is 42.5 Å². The van der Waals surface area contributed by atoms with Crippen LogP contribution in [0.5, 0.6) is 11.5 Å². The molecule has 0 unspecified atom stereocenters. The minimum Gasteiger partial charge on any atom is -0.481 e. The van der Waals surface area contributed by atoms with Gasteiger partial charge >= 0.3 is 5.97 Å². The van der Waals surface area contributed by atoms with Crippen LogP contribution in [0.3, 0.4) is 0 Å². The highest BCUT2D eigenvalue weighted by atomic mass is 16.5. The summed E-state index contributed by atoms with van der Waals surface area (Å²) in [5, 5.41) is 17.7. The van der Waals surface area contributed by atoms with Gasteiger partial charge in [0.2, 0.25) is 0 Å². The SMILES string of the molecule is CC(C)(C(=O)O)c1cccc(Nc2cc(Oc3cn(C4CCC4)nc3-c3ccccc3)ccn2)c1. The fourth-order valence-electron chi connectivity index (χ4n) is 4.01. The lowest BCUT2D eigenvalue weighted by atomic mass is 9.84. The number of nitrogens with zero attached hydrogens (tertiary/aromatic N) is 3. The zero-order valence-corrected chi connectivity index (χ0v) is 19.8. The first kappa shape index (κ1) is 22.7. The normalized spacial score (nSPS) is 13.8. The number of anilines is 2. The molecule has 2 N–H and O–H groups in total. The third-order valence-electron chi connectivity index (χ3n) is 6.54. The molecule has 2 aromatic heterocycles. The third-order valence-corrected chi connectivity index (χ3v) is 6.54. The van der Waals surface area contributed by atoms with Gasteiger partial charge in [-0.2, -0.15) is 5.10 Å². The van der Waals surface area contributed by atoms with E-state index in [2.05, 4.69) is 10.3 Å². The van der Waals surface area contributed by atoms with Crippen LogP contribution in [0.25, 0.3) is 11.3 Å². The number of hydrogen-bond donors (Lipinski definition) is 2. The van der Waals surface area contributed by atoms with Crippen molar-refractivity contribution in [2.24, 2.45) is 0 Å². The molecule has 178 valence electrons. The molecule has 5 rings (SSSR count). The van der Waals surface area contributed by atoms with Gasteiger partial charge in [-0.25, -0.2) is 4.98 Å². The van der Waals surface area contributed by atoms with Crippen LogP contribution >= 0.6 is 0 Å². The second-order valence-electron chi connectivity index (χ2n) is 9.39. The molecule has 7 nitrogen and oxygen atoms in total. The van der Waals surface area contributed by atoms with Crippen molar-refractivity contribution in [2.75, 3.05) is 5.32 Å². The van der Waals surface area contributed by atoms with Gasteiger partial charge in [0, 0.05) is 23.5 Å². The zero-order valence-electron chi connectivity index (χ0n) is 19.8. The van der Waals surface area contributed by atoms with Crippen LogP contribution in [-0.4, -0.2) is 25.8 Å². The Morgan fingerprint density at radius 2 is 1.89 bits per heavy atom. The zero-order chi connectivity index (χ0) is 24.4. The summed E-state index contributed by atoms with van der Waals surface area (Å²) < 4.78 is 8.34. The summed E-state index contributed by atoms with van der Waals surface area (Å²) in [6.45, 7) is 3.38. The molecule has 0 radical (unpaired) electrons. The van der Waals surface area contributed by atoms with Crippen LogP contribution in [0.15, 0.2) is 79.1 Å². The number of aromatic nitrogens is 3. The van der Waals surface area contributed by atoms with Gasteiger partial charge < -0.3 is 15.2 Å². The average Bonchev–Trinajstić information content (AvgIpc) is 3.21. The Hall–Kier alpha value is -4.13. The number of carboxylic acid groups (broad SMARTS) is 1. The Labute approximate surface area is 204 Å². The molecule has 0 spiro atoms. The van der Waals surface area contributed by atoms with Crippen molar-refractivity contribution in [3.8, 4) is 22.8 Å². The number of carbonyl (C=O) groups is 1. The summed E-state index contributed by atoms with van der Waals surface area (Å²) >= 11 is 0. The summed E-state index contributed by atoms with van der Waals surface area (Å²) in [5.41, 5.74) is 2.28. The molecular formula is C28H28N4O3. The molecule has 1 saturated carbocycles. The second-order valence-corrected chi connectivity index (χ2v) is 9.39. The molecule has 0 saturated heterocycles. The molecule has 7 heteroatoms. The van der Waals surface area contributed by atoms with Crippen molar-refractivity contribution >= 4 is 17.5 Å². The molecule has 1 fully saturated rings. The summed E-state index contributed by atoms with van der Waals surface area (Å²) in [7, 11) is 0. The van der Waals surface area contributed by atoms with Crippen molar-refractivity contribution < 1.29 is 14.6 Å². The van der Waals surface area contributed by atoms with Crippen LogP contribution in [0.2, 0.25) is 0 Å². The number of ether oxygens (including phenoxy) is 1. The van der Waals surface area contributed by atoms with Gasteiger partial charge in [-0.3, -0.25) is 9.48 Å². The van der Waals surface area contributed by atoms with Crippen molar-refractivity contribution in [1.82, 2.24) is 14.8 Å². The van der Waals surface area contributed by atoms with Crippen molar-refractivity contribution in [2.45, 2.75) is 44.6 Å². The monoisotopic (exact) mass is 468 g/mol. The number of hydrogen-bond acceptors (Lipinski definition) is 5. The Kier molecular flexibility index (Phi) is 5.99. The van der Waals surface area contributed by atoms with E-state index in [1.165, 1.54) is 6.42 Å². The van der Waals surface area contributed by atoms with Gasteiger partial charge in [-0.05, 0) is 56.9 Å². The molecule has 0 aliphatic heterocycles. The predicted octanol–water partition coefficient (Wildman–Crippen LogP) is 6.57. The number of aliphatic carboxylic acids is 1. The van der Waals surface area contributed by atoms with E-state index in [0.717, 1.165) is 29.8 Å². The quantitative estimate of drug-likeness (QED) is 0.304. The molecule has 2 heterocycles. The van der Waals surface area contributed by atoms with Crippen LogP contribution < -0.4 is 10.1 Å². The first-order valence-corrected chi connectivity index (χ1v) is 11.8. The van der Waals surface area contributed by atoms with E-state index in [1.807, 2.05) is 77.6 Å². The van der Waals surface area contributed by atoms with Crippen molar-refractivity contribution in [1.29, 1.82) is 0 Å². The molecule has 35 heavy (non-hydrogen) atoms. The molecule has 0 amide bonds. The van der Waals surface area contributed by atoms with E-state index in [9.17, 15) is 9.90 Å². The summed E-state index contributed by atoms with van der Waals surface area (Å²) in [6, 6.07) is 21.5. The highest BCUT2D eigenvalue weighted by Crippen LogP contribution is 2.38. The fraction of sp³-hybridized carbons (Fsp3) is 0.250. The molecule has 2 aromatic carbocycles. The van der Waals surface area contributed by atoms with E-state index < -0.39 is 11.4 Å². The first-order chi connectivity index (χ1) is 16.9. The minimum atomic E-state index is -0.996. The Bertz CT molecular complexity index is 1340. The summed E-state index contributed by atoms with van der Waals surface area (Å²) in [5.74, 6) is 1.06. The molecule has 0 atom stereocenters. The largest absolute Gasteiger partial charge is 0.481 e. The number of rotatable bonds is 8.